The van der Waals surface area contributed by atoms with Gasteiger partial charge in [-0.15, -0.1) is 0 Å². The number of nitrogens with zero attached hydrogens (tertiary/aromatic N) is 1. The first kappa shape index (κ1) is 12.5. The molecule has 0 saturated carbocycles. The molecule has 0 unspecified atom stereocenters. The molecular weight excluding hydrogens is 233 g/mol. The quantitative estimate of drug-likeness (QED) is 0.764. The monoisotopic (exact) mass is 241 g/mol. The molecule has 0 N–H and O–H groups in total. The molecule has 1 aromatic carbocycles. The summed E-state index contributed by atoms with van der Waals surface area (Å²) in [5, 5.41) is 8.55. The minimum atomic E-state index is -0.675. The summed E-state index contributed by atoms with van der Waals surface area (Å²) in [5.74, 6) is -1.15. The Morgan fingerprint density at radius 1 is 1.62 bits per heavy atom. The predicted molar refractivity (Wildman–Crippen MR) is 56.5 cm³/mol. The predicted octanol–water partition coefficient (Wildman–Crippen LogP) is 2.46. The van der Waals surface area contributed by atoms with Crippen LogP contribution in [0.15, 0.2) is 12.1 Å². The van der Waals surface area contributed by atoms with Crippen LogP contribution in [0.1, 0.15) is 18.1 Å². The number of hydrogen-bond acceptors (Lipinski definition) is 3. The third kappa shape index (κ3) is 2.71. The van der Waals surface area contributed by atoms with Crippen LogP contribution in [-0.2, 0) is 16.0 Å². The van der Waals surface area contributed by atoms with E-state index in [1.54, 1.807) is 13.0 Å². The van der Waals surface area contributed by atoms with Crippen LogP contribution in [0, 0.1) is 17.1 Å². The summed E-state index contributed by atoms with van der Waals surface area (Å²) in [4.78, 5) is 11.2. The highest BCUT2D eigenvalue weighted by molar-refractivity contribution is 6.32. The van der Waals surface area contributed by atoms with Gasteiger partial charge in [-0.2, -0.15) is 5.26 Å². The van der Waals surface area contributed by atoms with E-state index in [1.807, 2.05) is 0 Å². The molecule has 0 aliphatic rings. The zero-order valence-corrected chi connectivity index (χ0v) is 9.34. The summed E-state index contributed by atoms with van der Waals surface area (Å²) >= 11 is 5.61. The Hall–Kier alpha value is -1.60. The number of carbonyl (C=O) groups excluding carboxylic acids is 1. The molecule has 84 valence electrons. The van der Waals surface area contributed by atoms with Crippen LogP contribution >= 0.6 is 11.6 Å². The van der Waals surface area contributed by atoms with Gasteiger partial charge in [0.2, 0.25) is 0 Å². The second-order valence-electron chi connectivity index (χ2n) is 2.99. The van der Waals surface area contributed by atoms with Gasteiger partial charge in [-0.05, 0) is 18.6 Å². The average Bonchev–Trinajstić information content (AvgIpc) is 2.24. The molecule has 0 heterocycles. The maximum atomic E-state index is 13.0. The SMILES string of the molecule is CCOC(=O)Cc1ccc(F)c(Cl)c1C#N. The Morgan fingerprint density at radius 3 is 2.88 bits per heavy atom. The van der Waals surface area contributed by atoms with Gasteiger partial charge in [0.15, 0.2) is 0 Å². The first-order valence-corrected chi connectivity index (χ1v) is 5.00. The fourth-order valence-electron chi connectivity index (χ4n) is 1.23. The highest BCUT2D eigenvalue weighted by Crippen LogP contribution is 2.23. The van der Waals surface area contributed by atoms with Crippen molar-refractivity contribution in [3.05, 3.63) is 34.1 Å². The number of hydrogen-bond donors (Lipinski definition) is 0. The molecule has 0 aliphatic carbocycles. The van der Waals surface area contributed by atoms with E-state index in [0.717, 1.165) is 6.07 Å². The number of halogens is 2. The van der Waals surface area contributed by atoms with E-state index in [9.17, 15) is 9.18 Å². The molecule has 5 heteroatoms. The first-order valence-electron chi connectivity index (χ1n) is 4.62. The van der Waals surface area contributed by atoms with E-state index in [-0.39, 0.29) is 23.6 Å². The van der Waals surface area contributed by atoms with Crippen LogP contribution in [-0.4, -0.2) is 12.6 Å². The Kier molecular flexibility index (Phi) is 4.27. The molecule has 0 radical (unpaired) electrons. The molecule has 1 rings (SSSR count). The summed E-state index contributed by atoms with van der Waals surface area (Å²) in [6, 6.07) is 4.25. The second kappa shape index (κ2) is 5.47. The molecule has 0 amide bonds. The number of carbonyl (C=O) groups is 1. The lowest BCUT2D eigenvalue weighted by Gasteiger charge is -2.05. The van der Waals surface area contributed by atoms with Crippen LogP contribution in [0.2, 0.25) is 5.02 Å². The highest BCUT2D eigenvalue weighted by atomic mass is 35.5. The fraction of sp³-hybridized carbons (Fsp3) is 0.273. The van der Waals surface area contributed by atoms with Crippen molar-refractivity contribution in [3.8, 4) is 6.07 Å². The van der Waals surface area contributed by atoms with Crippen LogP contribution in [0.25, 0.3) is 0 Å². The van der Waals surface area contributed by atoms with Crippen LogP contribution in [0.4, 0.5) is 4.39 Å². The lowest BCUT2D eigenvalue weighted by Crippen LogP contribution is -2.09. The standard InChI is InChI=1S/C11H9ClFNO2/c1-2-16-10(15)5-7-3-4-9(13)11(12)8(7)6-14/h3-4H,2,5H2,1H3. The van der Waals surface area contributed by atoms with Gasteiger partial charge in [0, 0.05) is 0 Å². The smallest absolute Gasteiger partial charge is 0.310 e. The minimum Gasteiger partial charge on any atom is -0.466 e. The van der Waals surface area contributed by atoms with E-state index < -0.39 is 11.8 Å². The zero-order chi connectivity index (χ0) is 12.1. The van der Waals surface area contributed by atoms with Crippen LogP contribution in [0.3, 0.4) is 0 Å². The topological polar surface area (TPSA) is 50.1 Å². The van der Waals surface area contributed by atoms with Gasteiger partial charge in [0.25, 0.3) is 0 Å². The van der Waals surface area contributed by atoms with Crippen molar-refractivity contribution >= 4 is 17.6 Å². The molecule has 0 atom stereocenters. The van der Waals surface area contributed by atoms with Gasteiger partial charge in [0.05, 0.1) is 23.6 Å². The molecule has 0 saturated heterocycles. The Balaban J connectivity index is 3.02. The maximum Gasteiger partial charge on any atom is 0.310 e. The second-order valence-corrected chi connectivity index (χ2v) is 3.37. The largest absolute Gasteiger partial charge is 0.466 e. The number of nitriles is 1. The van der Waals surface area contributed by atoms with Crippen molar-refractivity contribution in [3.63, 3.8) is 0 Å². The van der Waals surface area contributed by atoms with Crippen LogP contribution < -0.4 is 0 Å². The average molecular weight is 242 g/mol. The Labute approximate surface area is 97.4 Å². The number of esters is 1. The summed E-state index contributed by atoms with van der Waals surface area (Å²) in [7, 11) is 0. The molecule has 0 bridgehead atoms. The van der Waals surface area contributed by atoms with E-state index in [2.05, 4.69) is 0 Å². The van der Waals surface area contributed by atoms with Crippen molar-refractivity contribution in [1.82, 2.24) is 0 Å². The summed E-state index contributed by atoms with van der Waals surface area (Å²) in [5.41, 5.74) is 0.349. The van der Waals surface area contributed by atoms with Gasteiger partial charge >= 0.3 is 5.97 Å². The lowest BCUT2D eigenvalue weighted by atomic mass is 10.1. The van der Waals surface area contributed by atoms with Crippen molar-refractivity contribution in [2.45, 2.75) is 13.3 Å². The molecular formula is C11H9ClFNO2. The molecule has 0 aliphatic heterocycles. The van der Waals surface area contributed by atoms with Crippen LogP contribution in [0.5, 0.6) is 0 Å². The third-order valence-electron chi connectivity index (χ3n) is 1.93. The summed E-state index contributed by atoms with van der Waals surface area (Å²) in [6.07, 6.45) is -0.0866. The Bertz CT molecular complexity index is 454. The minimum absolute atomic E-state index is 0.0188. The van der Waals surface area contributed by atoms with Gasteiger partial charge in [-0.1, -0.05) is 17.7 Å². The lowest BCUT2D eigenvalue weighted by molar-refractivity contribution is -0.142. The van der Waals surface area contributed by atoms with Crippen molar-refractivity contribution in [1.29, 1.82) is 5.26 Å². The zero-order valence-electron chi connectivity index (χ0n) is 8.59. The van der Waals surface area contributed by atoms with Crippen molar-refractivity contribution in [2.24, 2.45) is 0 Å². The summed E-state index contributed by atoms with van der Waals surface area (Å²) < 4.78 is 17.8. The number of rotatable bonds is 3. The van der Waals surface area contributed by atoms with Gasteiger partial charge in [-0.3, -0.25) is 4.79 Å². The van der Waals surface area contributed by atoms with E-state index in [4.69, 9.17) is 21.6 Å². The fourth-order valence-corrected chi connectivity index (χ4v) is 1.45. The van der Waals surface area contributed by atoms with E-state index in [0.29, 0.717) is 5.56 Å². The molecule has 1 aromatic rings. The van der Waals surface area contributed by atoms with E-state index in [1.165, 1.54) is 6.07 Å². The highest BCUT2D eigenvalue weighted by Gasteiger charge is 2.14. The van der Waals surface area contributed by atoms with Gasteiger partial charge in [-0.25, -0.2) is 4.39 Å². The van der Waals surface area contributed by atoms with E-state index >= 15 is 0 Å². The molecule has 0 fully saturated rings. The van der Waals surface area contributed by atoms with Crippen molar-refractivity contribution < 1.29 is 13.9 Å². The van der Waals surface area contributed by atoms with Gasteiger partial charge in [0.1, 0.15) is 11.9 Å². The molecule has 0 spiro atoms. The normalized spacial score (nSPS) is 9.62. The molecule has 0 aromatic heterocycles. The molecule has 3 nitrogen and oxygen atoms in total. The summed E-state index contributed by atoms with van der Waals surface area (Å²) in [6.45, 7) is 1.94. The Morgan fingerprint density at radius 2 is 2.31 bits per heavy atom. The number of benzene rings is 1. The molecule has 16 heavy (non-hydrogen) atoms. The van der Waals surface area contributed by atoms with Crippen molar-refractivity contribution in [2.75, 3.05) is 6.61 Å². The van der Waals surface area contributed by atoms with Gasteiger partial charge < -0.3 is 4.74 Å². The first-order chi connectivity index (χ1) is 7.60. The third-order valence-corrected chi connectivity index (χ3v) is 2.30. The maximum absolute atomic E-state index is 13.0. The number of ether oxygens (including phenoxy) is 1.